The molecule has 6 heavy (non-hydrogen) atoms. The topological polar surface area (TPSA) is 46.2 Å². The highest BCUT2D eigenvalue weighted by atomic mass is 16.3. The van der Waals surface area contributed by atoms with Gasteiger partial charge in [-0.05, 0) is 0 Å². The van der Waals surface area contributed by atoms with Gasteiger partial charge >= 0.3 is 0 Å². The molecule has 0 spiro atoms. The Morgan fingerprint density at radius 1 is 1.83 bits per heavy atom. The summed E-state index contributed by atoms with van der Waals surface area (Å²) in [5.74, 6) is 0. The van der Waals surface area contributed by atoms with E-state index in [1.54, 1.807) is 0 Å². The van der Waals surface area contributed by atoms with Crippen LogP contribution in [0.25, 0.3) is 0 Å². The number of nitrogens with two attached hydrogens (primary N) is 1. The van der Waals surface area contributed by atoms with Crippen molar-refractivity contribution in [2.75, 3.05) is 0 Å². The van der Waals surface area contributed by atoms with Crippen LogP contribution in [0.1, 0.15) is 0 Å². The van der Waals surface area contributed by atoms with E-state index < -0.39 is 6.10 Å². The van der Waals surface area contributed by atoms with Gasteiger partial charge in [-0.2, -0.15) is 0 Å². The first-order valence-corrected chi connectivity index (χ1v) is 1.67. The van der Waals surface area contributed by atoms with Gasteiger partial charge in [0.2, 0.25) is 0 Å². The van der Waals surface area contributed by atoms with Crippen LogP contribution in [0.4, 0.5) is 0 Å². The van der Waals surface area contributed by atoms with E-state index in [0.717, 1.165) is 6.54 Å². The minimum absolute atomic E-state index is 0.648. The van der Waals surface area contributed by atoms with E-state index in [-0.39, 0.29) is 0 Å². The lowest BCUT2D eigenvalue weighted by molar-refractivity contribution is 0.254. The molecule has 2 heteroatoms. The van der Waals surface area contributed by atoms with Crippen molar-refractivity contribution in [1.29, 1.82) is 0 Å². The van der Waals surface area contributed by atoms with Crippen molar-refractivity contribution in [3.05, 3.63) is 19.2 Å². The summed E-state index contributed by atoms with van der Waals surface area (Å²) in [5, 5.41) is 8.37. The Morgan fingerprint density at radius 2 is 2.33 bits per heavy atom. The lowest BCUT2D eigenvalue weighted by Crippen LogP contribution is -2.08. The van der Waals surface area contributed by atoms with E-state index in [4.69, 9.17) is 10.8 Å². The van der Waals surface area contributed by atoms with Gasteiger partial charge in [-0.25, -0.2) is 0 Å². The zero-order valence-corrected chi connectivity index (χ0v) is 3.46. The van der Waals surface area contributed by atoms with Crippen molar-refractivity contribution in [1.82, 2.24) is 0 Å². The standard InChI is InChI=1S/C4H8NO/c1-2-4(6)3-5/h2-4,6H,1,5H2. The Kier molecular flexibility index (Phi) is 2.71. The van der Waals surface area contributed by atoms with Crippen molar-refractivity contribution in [3.8, 4) is 0 Å². The monoisotopic (exact) mass is 86.1 g/mol. The molecule has 0 saturated heterocycles. The van der Waals surface area contributed by atoms with Gasteiger partial charge in [0.1, 0.15) is 0 Å². The van der Waals surface area contributed by atoms with Crippen LogP contribution in [0, 0.1) is 6.54 Å². The SMILES string of the molecule is C=CC(O)[CH]N. The van der Waals surface area contributed by atoms with Crippen molar-refractivity contribution < 1.29 is 5.11 Å². The second kappa shape index (κ2) is 2.87. The highest BCUT2D eigenvalue weighted by molar-refractivity contribution is 4.85. The van der Waals surface area contributed by atoms with E-state index in [9.17, 15) is 0 Å². The van der Waals surface area contributed by atoms with Gasteiger partial charge in [-0.1, -0.05) is 6.08 Å². The molecule has 0 fully saturated rings. The Balaban J connectivity index is 2.96. The molecule has 1 radical (unpaired) electrons. The van der Waals surface area contributed by atoms with Crippen molar-refractivity contribution >= 4 is 0 Å². The minimum atomic E-state index is -0.648. The van der Waals surface area contributed by atoms with Gasteiger partial charge in [0.25, 0.3) is 0 Å². The van der Waals surface area contributed by atoms with Crippen LogP contribution in [0.3, 0.4) is 0 Å². The third-order valence-electron chi connectivity index (χ3n) is 0.439. The number of hydrogen-bond donors (Lipinski definition) is 2. The second-order valence-electron chi connectivity index (χ2n) is 0.919. The number of hydrogen-bond acceptors (Lipinski definition) is 2. The summed E-state index contributed by atoms with van der Waals surface area (Å²) >= 11 is 0. The summed E-state index contributed by atoms with van der Waals surface area (Å²) in [6, 6.07) is 0. The Labute approximate surface area is 37.3 Å². The summed E-state index contributed by atoms with van der Waals surface area (Å²) in [6.07, 6.45) is 0.699. The van der Waals surface area contributed by atoms with Gasteiger partial charge in [0, 0.05) is 0 Å². The minimum Gasteiger partial charge on any atom is -0.387 e. The van der Waals surface area contributed by atoms with E-state index >= 15 is 0 Å². The summed E-state index contributed by atoms with van der Waals surface area (Å²) < 4.78 is 0. The molecule has 0 aromatic heterocycles. The molecule has 0 saturated carbocycles. The highest BCUT2D eigenvalue weighted by Gasteiger charge is 1.87. The molecule has 35 valence electrons. The third-order valence-corrected chi connectivity index (χ3v) is 0.439. The summed E-state index contributed by atoms with van der Waals surface area (Å²) in [5.41, 5.74) is 4.84. The maximum absolute atomic E-state index is 8.37. The van der Waals surface area contributed by atoms with Gasteiger partial charge in [0.15, 0.2) is 0 Å². The van der Waals surface area contributed by atoms with E-state index in [1.165, 1.54) is 6.08 Å². The molecule has 1 unspecified atom stereocenters. The fraction of sp³-hybridized carbons (Fsp3) is 0.250. The highest BCUT2D eigenvalue weighted by Crippen LogP contribution is 1.78. The predicted octanol–water partition coefficient (Wildman–Crippen LogP) is -0.346. The zero-order chi connectivity index (χ0) is 4.99. The van der Waals surface area contributed by atoms with Gasteiger partial charge in [0.05, 0.1) is 12.6 Å². The molecular weight excluding hydrogens is 78.1 g/mol. The van der Waals surface area contributed by atoms with Crippen LogP contribution >= 0.6 is 0 Å². The molecule has 0 aliphatic heterocycles. The van der Waals surface area contributed by atoms with Crippen LogP contribution in [-0.2, 0) is 0 Å². The summed E-state index contributed by atoms with van der Waals surface area (Å²) in [6.45, 7) is 4.43. The maximum Gasteiger partial charge on any atom is 0.0885 e. The maximum atomic E-state index is 8.37. The first kappa shape index (κ1) is 5.66. The Bertz CT molecular complexity index is 44.8. The van der Waals surface area contributed by atoms with Crippen molar-refractivity contribution in [3.63, 3.8) is 0 Å². The molecule has 3 N–H and O–H groups in total. The predicted molar refractivity (Wildman–Crippen MR) is 24.7 cm³/mol. The smallest absolute Gasteiger partial charge is 0.0885 e. The lowest BCUT2D eigenvalue weighted by atomic mass is 10.4. The molecule has 0 amide bonds. The van der Waals surface area contributed by atoms with Crippen LogP contribution in [0.15, 0.2) is 12.7 Å². The number of rotatable bonds is 2. The third kappa shape index (κ3) is 1.93. The molecule has 0 bridgehead atoms. The van der Waals surface area contributed by atoms with Gasteiger partial charge in [-0.3, -0.25) is 0 Å². The Morgan fingerprint density at radius 3 is 2.33 bits per heavy atom. The Hall–Kier alpha value is -0.340. The molecule has 0 heterocycles. The van der Waals surface area contributed by atoms with Crippen LogP contribution < -0.4 is 5.73 Å². The molecule has 0 aromatic carbocycles. The fourth-order valence-corrected chi connectivity index (χ4v) is 0.0786. The van der Waals surface area contributed by atoms with Crippen molar-refractivity contribution in [2.24, 2.45) is 5.73 Å². The van der Waals surface area contributed by atoms with E-state index in [1.807, 2.05) is 0 Å². The second-order valence-corrected chi connectivity index (χ2v) is 0.919. The molecule has 0 aliphatic rings. The summed E-state index contributed by atoms with van der Waals surface area (Å²) in [7, 11) is 0. The molecule has 0 aliphatic carbocycles. The average molecular weight is 86.1 g/mol. The molecule has 0 aromatic rings. The quantitative estimate of drug-likeness (QED) is 0.451. The lowest BCUT2D eigenvalue weighted by Gasteiger charge is -1.93. The number of aliphatic hydroxyl groups excluding tert-OH is 1. The number of aliphatic hydroxyl groups is 1. The van der Waals surface area contributed by atoms with Gasteiger partial charge in [-0.15, -0.1) is 6.58 Å². The molecule has 0 rings (SSSR count). The first-order chi connectivity index (χ1) is 2.81. The van der Waals surface area contributed by atoms with Crippen LogP contribution in [0.2, 0.25) is 0 Å². The molecule has 2 nitrogen and oxygen atoms in total. The normalized spacial score (nSPS) is 13.7. The average Bonchev–Trinajstić information content (AvgIpc) is 1.65. The van der Waals surface area contributed by atoms with Crippen LogP contribution in [-0.4, -0.2) is 11.2 Å². The summed E-state index contributed by atoms with van der Waals surface area (Å²) in [4.78, 5) is 0. The first-order valence-electron chi connectivity index (χ1n) is 1.67. The largest absolute Gasteiger partial charge is 0.387 e. The van der Waals surface area contributed by atoms with Gasteiger partial charge < -0.3 is 10.8 Å². The van der Waals surface area contributed by atoms with E-state index in [0.29, 0.717) is 0 Å². The molecule has 1 atom stereocenters. The zero-order valence-electron chi connectivity index (χ0n) is 3.46. The fourth-order valence-electron chi connectivity index (χ4n) is 0.0786. The van der Waals surface area contributed by atoms with E-state index in [2.05, 4.69) is 6.58 Å². The van der Waals surface area contributed by atoms with Crippen LogP contribution in [0.5, 0.6) is 0 Å². The van der Waals surface area contributed by atoms with Crippen molar-refractivity contribution in [2.45, 2.75) is 6.10 Å². The molecular formula is C4H8NO.